The average molecular weight is 388 g/mol. The van der Waals surface area contributed by atoms with Crippen molar-refractivity contribution in [2.45, 2.75) is 0 Å². The van der Waals surface area contributed by atoms with Gasteiger partial charge in [0.1, 0.15) is 11.5 Å². The molecule has 8 heteroatoms. The summed E-state index contributed by atoms with van der Waals surface area (Å²) in [7, 11) is 1.53. The maximum absolute atomic E-state index is 11.7. The van der Waals surface area contributed by atoms with Crippen LogP contribution in [0.15, 0.2) is 41.5 Å². The minimum atomic E-state index is -0.443. The van der Waals surface area contributed by atoms with Crippen LogP contribution in [0.2, 0.25) is 15.1 Å². The number of carbonyl (C=O) groups excluding carboxylic acids is 1. The number of hydrogen-bond acceptors (Lipinski definition) is 4. The molecule has 2 rings (SSSR count). The predicted octanol–water partition coefficient (Wildman–Crippen LogP) is 4.18. The van der Waals surface area contributed by atoms with Crippen molar-refractivity contribution in [3.8, 4) is 11.5 Å². The number of carbonyl (C=O) groups is 1. The molecule has 0 radical (unpaired) electrons. The van der Waals surface area contributed by atoms with Crippen molar-refractivity contribution in [1.82, 2.24) is 5.43 Å². The first-order valence-corrected chi connectivity index (χ1v) is 7.86. The van der Waals surface area contributed by atoms with Crippen LogP contribution in [-0.4, -0.2) is 25.8 Å². The lowest BCUT2D eigenvalue weighted by atomic mass is 10.2. The van der Waals surface area contributed by atoms with Gasteiger partial charge in [0.25, 0.3) is 5.91 Å². The van der Waals surface area contributed by atoms with E-state index in [2.05, 4.69) is 10.5 Å². The van der Waals surface area contributed by atoms with Crippen molar-refractivity contribution in [3.63, 3.8) is 0 Å². The third kappa shape index (κ3) is 5.30. The Morgan fingerprint density at radius 3 is 2.62 bits per heavy atom. The zero-order chi connectivity index (χ0) is 17.5. The molecule has 0 aliphatic rings. The maximum Gasteiger partial charge on any atom is 0.277 e. The van der Waals surface area contributed by atoms with Gasteiger partial charge in [-0.15, -0.1) is 0 Å². The Kier molecular flexibility index (Phi) is 6.73. The largest absolute Gasteiger partial charge is 0.495 e. The molecule has 0 saturated carbocycles. The van der Waals surface area contributed by atoms with Crippen molar-refractivity contribution in [2.24, 2.45) is 5.10 Å². The molecule has 0 fully saturated rings. The quantitative estimate of drug-likeness (QED) is 0.597. The number of rotatable bonds is 6. The molecule has 0 bridgehead atoms. The van der Waals surface area contributed by atoms with Crippen molar-refractivity contribution < 1.29 is 14.3 Å². The normalized spacial score (nSPS) is 10.7. The number of benzene rings is 2. The van der Waals surface area contributed by atoms with Gasteiger partial charge in [-0.1, -0.05) is 34.8 Å². The van der Waals surface area contributed by atoms with E-state index < -0.39 is 5.91 Å². The fraction of sp³-hybridized carbons (Fsp3) is 0.125. The van der Waals surface area contributed by atoms with Gasteiger partial charge in [0.2, 0.25) is 0 Å². The van der Waals surface area contributed by atoms with E-state index in [1.807, 2.05) is 0 Å². The van der Waals surface area contributed by atoms with Gasteiger partial charge < -0.3 is 9.47 Å². The molecule has 5 nitrogen and oxygen atoms in total. The molecule has 0 spiro atoms. The Morgan fingerprint density at radius 2 is 1.92 bits per heavy atom. The number of ether oxygens (including phenoxy) is 2. The van der Waals surface area contributed by atoms with Gasteiger partial charge in [0, 0.05) is 11.1 Å². The summed E-state index contributed by atoms with van der Waals surface area (Å²) in [5, 5.41) is 5.10. The van der Waals surface area contributed by atoms with E-state index >= 15 is 0 Å². The zero-order valence-electron chi connectivity index (χ0n) is 12.6. The number of halogens is 3. The number of nitrogens with one attached hydrogen (secondary N) is 1. The van der Waals surface area contributed by atoms with Crippen molar-refractivity contribution in [3.05, 3.63) is 57.0 Å². The monoisotopic (exact) mass is 386 g/mol. The Hall–Kier alpha value is -1.95. The summed E-state index contributed by atoms with van der Waals surface area (Å²) < 4.78 is 10.3. The second-order valence-electron chi connectivity index (χ2n) is 4.55. The number of methoxy groups -OCH3 is 1. The second-order valence-corrected chi connectivity index (χ2v) is 5.80. The smallest absolute Gasteiger partial charge is 0.277 e. The lowest BCUT2D eigenvalue weighted by molar-refractivity contribution is -0.123. The van der Waals surface area contributed by atoms with Crippen LogP contribution in [0.4, 0.5) is 0 Å². The van der Waals surface area contributed by atoms with Crippen LogP contribution in [0.25, 0.3) is 0 Å². The molecule has 1 N–H and O–H groups in total. The van der Waals surface area contributed by atoms with E-state index in [4.69, 9.17) is 44.3 Å². The summed E-state index contributed by atoms with van der Waals surface area (Å²) in [5.74, 6) is 0.441. The van der Waals surface area contributed by atoms with Crippen LogP contribution in [0.1, 0.15) is 5.56 Å². The second kappa shape index (κ2) is 8.78. The molecule has 2 aromatic rings. The topological polar surface area (TPSA) is 59.9 Å². The SMILES string of the molecule is COc1ccc(C=NNC(=O)COc2cc(Cl)ccc2Cl)cc1Cl. The van der Waals surface area contributed by atoms with E-state index in [-0.39, 0.29) is 6.61 Å². The molecule has 0 heterocycles. The first kappa shape index (κ1) is 18.4. The lowest BCUT2D eigenvalue weighted by Crippen LogP contribution is -2.24. The molecule has 2 aromatic carbocycles. The van der Waals surface area contributed by atoms with Crippen LogP contribution >= 0.6 is 34.8 Å². The summed E-state index contributed by atoms with van der Waals surface area (Å²) in [6, 6.07) is 9.86. The van der Waals surface area contributed by atoms with Crippen molar-refractivity contribution in [2.75, 3.05) is 13.7 Å². The minimum Gasteiger partial charge on any atom is -0.495 e. The van der Waals surface area contributed by atoms with Gasteiger partial charge >= 0.3 is 0 Å². The van der Waals surface area contributed by atoms with E-state index in [0.29, 0.717) is 32.1 Å². The van der Waals surface area contributed by atoms with Crippen LogP contribution < -0.4 is 14.9 Å². The van der Waals surface area contributed by atoms with Gasteiger partial charge in [-0.2, -0.15) is 5.10 Å². The van der Waals surface area contributed by atoms with E-state index in [1.165, 1.54) is 19.4 Å². The van der Waals surface area contributed by atoms with Gasteiger partial charge in [-0.3, -0.25) is 4.79 Å². The summed E-state index contributed by atoms with van der Waals surface area (Å²) >= 11 is 17.8. The summed E-state index contributed by atoms with van der Waals surface area (Å²) in [5.41, 5.74) is 3.05. The minimum absolute atomic E-state index is 0.249. The first-order valence-electron chi connectivity index (χ1n) is 6.73. The van der Waals surface area contributed by atoms with E-state index in [1.54, 1.807) is 30.3 Å². The molecular formula is C16H13Cl3N2O3. The van der Waals surface area contributed by atoms with Crippen molar-refractivity contribution >= 4 is 46.9 Å². The fourth-order valence-corrected chi connectivity index (χ4v) is 2.31. The predicted molar refractivity (Wildman–Crippen MR) is 95.7 cm³/mol. The van der Waals surface area contributed by atoms with Gasteiger partial charge in [0.05, 0.1) is 23.4 Å². The van der Waals surface area contributed by atoms with Crippen LogP contribution in [0.5, 0.6) is 11.5 Å². The Labute approximate surface area is 154 Å². The highest BCUT2D eigenvalue weighted by molar-refractivity contribution is 6.34. The number of hydrogen-bond donors (Lipinski definition) is 1. The summed E-state index contributed by atoms with van der Waals surface area (Å²) in [6.07, 6.45) is 1.45. The first-order chi connectivity index (χ1) is 11.5. The molecule has 24 heavy (non-hydrogen) atoms. The maximum atomic E-state index is 11.7. The van der Waals surface area contributed by atoms with Gasteiger partial charge in [-0.05, 0) is 35.9 Å². The fourth-order valence-electron chi connectivity index (χ4n) is 1.71. The molecule has 0 aliphatic heterocycles. The molecule has 0 aromatic heterocycles. The Bertz CT molecular complexity index is 766. The highest BCUT2D eigenvalue weighted by Crippen LogP contribution is 2.27. The standard InChI is InChI=1S/C16H13Cl3N2O3/c1-23-14-5-2-10(6-13(14)19)8-20-21-16(22)9-24-15-7-11(17)3-4-12(15)18/h2-8H,9H2,1H3,(H,21,22). The molecule has 0 aliphatic carbocycles. The number of hydrazone groups is 1. The van der Waals surface area contributed by atoms with Crippen LogP contribution in [-0.2, 0) is 4.79 Å². The molecule has 0 saturated heterocycles. The number of amides is 1. The van der Waals surface area contributed by atoms with Crippen molar-refractivity contribution in [1.29, 1.82) is 0 Å². The molecule has 0 atom stereocenters. The van der Waals surface area contributed by atoms with E-state index in [9.17, 15) is 4.79 Å². The van der Waals surface area contributed by atoms with E-state index in [0.717, 1.165) is 0 Å². The third-order valence-electron chi connectivity index (χ3n) is 2.83. The third-order valence-corrected chi connectivity index (χ3v) is 3.67. The highest BCUT2D eigenvalue weighted by Gasteiger charge is 2.06. The Morgan fingerprint density at radius 1 is 1.12 bits per heavy atom. The lowest BCUT2D eigenvalue weighted by Gasteiger charge is -2.07. The number of nitrogens with zero attached hydrogens (tertiary/aromatic N) is 1. The molecular weight excluding hydrogens is 375 g/mol. The zero-order valence-corrected chi connectivity index (χ0v) is 14.8. The Balaban J connectivity index is 1.86. The molecule has 126 valence electrons. The summed E-state index contributed by atoms with van der Waals surface area (Å²) in [4.78, 5) is 11.7. The highest BCUT2D eigenvalue weighted by atomic mass is 35.5. The molecule has 1 amide bonds. The summed E-state index contributed by atoms with van der Waals surface area (Å²) in [6.45, 7) is -0.249. The average Bonchev–Trinajstić information content (AvgIpc) is 2.56. The van der Waals surface area contributed by atoms with Crippen LogP contribution in [0.3, 0.4) is 0 Å². The van der Waals surface area contributed by atoms with Gasteiger partial charge in [0.15, 0.2) is 6.61 Å². The molecule has 0 unspecified atom stereocenters. The van der Waals surface area contributed by atoms with Gasteiger partial charge in [-0.25, -0.2) is 5.43 Å². The van der Waals surface area contributed by atoms with Crippen LogP contribution in [0, 0.1) is 0 Å².